The largest absolute Gasteiger partial charge is 0.458 e. The van der Waals surface area contributed by atoms with Gasteiger partial charge in [0.15, 0.2) is 0 Å². The summed E-state index contributed by atoms with van der Waals surface area (Å²) in [5.41, 5.74) is 1.16. The van der Waals surface area contributed by atoms with E-state index in [0.717, 1.165) is 24.2 Å². The minimum Gasteiger partial charge on any atom is -0.458 e. The first-order valence-electron chi connectivity index (χ1n) is 10.8. The van der Waals surface area contributed by atoms with Crippen molar-refractivity contribution >= 4 is 35.1 Å². The van der Waals surface area contributed by atoms with Crippen LogP contribution in [0.25, 0.3) is 0 Å². The molecule has 0 radical (unpaired) electrons. The fraction of sp³-hybridized carbons (Fsp3) is 0.400. The van der Waals surface area contributed by atoms with E-state index in [1.165, 1.54) is 12.1 Å². The second kappa shape index (κ2) is 8.46. The van der Waals surface area contributed by atoms with Crippen molar-refractivity contribution in [1.82, 2.24) is 0 Å². The minimum atomic E-state index is -0.469. The molecule has 4 rings (SSSR count). The third kappa shape index (κ3) is 4.11. The molecule has 6 heteroatoms. The minimum absolute atomic E-state index is 0.134. The van der Waals surface area contributed by atoms with Crippen LogP contribution in [0.5, 0.6) is 0 Å². The van der Waals surface area contributed by atoms with Crippen LogP contribution in [0.4, 0.5) is 5.69 Å². The second-order valence-corrected chi connectivity index (χ2v) is 9.39. The smallest absolute Gasteiger partial charge is 0.338 e. The third-order valence-electron chi connectivity index (χ3n) is 6.41. The standard InChI is InChI=1S/C25H26ClNO4/c1-14(2)19-9-7-15(3)11-22(19)31-25(30)16-8-10-20-21(12-16)24(29)27(23(20)28)18-6-4-5-17(26)13-18/h4-6,8,10,12-15,19,22H,7,9,11H2,1-3H3. The van der Waals surface area contributed by atoms with Crippen LogP contribution < -0.4 is 4.90 Å². The van der Waals surface area contributed by atoms with Gasteiger partial charge in [0.25, 0.3) is 11.8 Å². The molecule has 1 fully saturated rings. The molecule has 1 heterocycles. The molecule has 0 spiro atoms. The highest BCUT2D eigenvalue weighted by molar-refractivity contribution is 6.35. The van der Waals surface area contributed by atoms with Gasteiger partial charge in [0, 0.05) is 5.02 Å². The van der Waals surface area contributed by atoms with E-state index in [1.807, 2.05) is 0 Å². The number of rotatable bonds is 4. The van der Waals surface area contributed by atoms with Crippen LogP contribution in [0.1, 0.15) is 71.1 Å². The highest BCUT2D eigenvalue weighted by Gasteiger charge is 2.38. The van der Waals surface area contributed by atoms with Crippen molar-refractivity contribution in [2.45, 2.75) is 46.1 Å². The number of hydrogen-bond acceptors (Lipinski definition) is 4. The van der Waals surface area contributed by atoms with Crippen LogP contribution in [0.3, 0.4) is 0 Å². The van der Waals surface area contributed by atoms with E-state index in [1.54, 1.807) is 30.3 Å². The van der Waals surface area contributed by atoms with Gasteiger partial charge in [0.1, 0.15) is 6.10 Å². The molecule has 2 amide bonds. The number of nitrogens with zero attached hydrogens (tertiary/aromatic N) is 1. The number of esters is 1. The molecular weight excluding hydrogens is 414 g/mol. The van der Waals surface area contributed by atoms with E-state index in [4.69, 9.17) is 16.3 Å². The Morgan fingerprint density at radius 2 is 1.81 bits per heavy atom. The molecule has 0 saturated heterocycles. The summed E-state index contributed by atoms with van der Waals surface area (Å²) in [6, 6.07) is 11.1. The molecule has 2 aliphatic rings. The molecule has 162 valence electrons. The quantitative estimate of drug-likeness (QED) is 0.449. The maximum Gasteiger partial charge on any atom is 0.338 e. The molecule has 1 aliphatic heterocycles. The number of benzene rings is 2. The molecule has 2 aromatic carbocycles. The molecule has 5 nitrogen and oxygen atoms in total. The van der Waals surface area contributed by atoms with Crippen molar-refractivity contribution in [3.8, 4) is 0 Å². The Hall–Kier alpha value is -2.66. The van der Waals surface area contributed by atoms with E-state index >= 15 is 0 Å². The summed E-state index contributed by atoms with van der Waals surface area (Å²) >= 11 is 6.02. The van der Waals surface area contributed by atoms with Crippen LogP contribution in [0, 0.1) is 17.8 Å². The normalized spacial score (nSPS) is 23.3. The molecule has 1 aliphatic carbocycles. The van der Waals surface area contributed by atoms with Crippen molar-refractivity contribution in [2.75, 3.05) is 4.90 Å². The first-order valence-corrected chi connectivity index (χ1v) is 11.1. The summed E-state index contributed by atoms with van der Waals surface area (Å²) in [5.74, 6) is -0.0782. The SMILES string of the molecule is CC1CCC(C(C)C)C(OC(=O)c2ccc3c(c2)C(=O)N(c2cccc(Cl)c2)C3=O)C1. The van der Waals surface area contributed by atoms with E-state index in [9.17, 15) is 14.4 Å². The van der Waals surface area contributed by atoms with Gasteiger partial charge in [-0.05, 0) is 67.0 Å². The molecule has 31 heavy (non-hydrogen) atoms. The molecular formula is C25H26ClNO4. The van der Waals surface area contributed by atoms with Crippen LogP contribution in [-0.2, 0) is 4.74 Å². The zero-order valence-electron chi connectivity index (χ0n) is 17.9. The molecule has 3 unspecified atom stereocenters. The van der Waals surface area contributed by atoms with Crippen LogP contribution in [0.2, 0.25) is 5.02 Å². The summed E-state index contributed by atoms with van der Waals surface area (Å²) < 4.78 is 5.90. The Morgan fingerprint density at radius 1 is 1.06 bits per heavy atom. The van der Waals surface area contributed by atoms with Gasteiger partial charge in [-0.25, -0.2) is 9.69 Å². The van der Waals surface area contributed by atoms with E-state index in [2.05, 4.69) is 20.8 Å². The average Bonchev–Trinajstić information content (AvgIpc) is 2.97. The monoisotopic (exact) mass is 439 g/mol. The van der Waals surface area contributed by atoms with E-state index < -0.39 is 17.8 Å². The van der Waals surface area contributed by atoms with Gasteiger partial charge in [-0.1, -0.05) is 44.9 Å². The first kappa shape index (κ1) is 21.6. The van der Waals surface area contributed by atoms with Gasteiger partial charge in [-0.3, -0.25) is 9.59 Å². The Labute approximate surface area is 187 Å². The molecule has 3 atom stereocenters. The van der Waals surface area contributed by atoms with E-state index in [0.29, 0.717) is 28.5 Å². The molecule has 0 bridgehead atoms. The summed E-state index contributed by atoms with van der Waals surface area (Å²) in [6.07, 6.45) is 2.90. The molecule has 1 saturated carbocycles. The van der Waals surface area contributed by atoms with Crippen LogP contribution >= 0.6 is 11.6 Å². The number of ether oxygens (including phenoxy) is 1. The van der Waals surface area contributed by atoms with Crippen molar-refractivity contribution in [2.24, 2.45) is 17.8 Å². The summed E-state index contributed by atoms with van der Waals surface area (Å²) in [7, 11) is 0. The molecule has 2 aromatic rings. The maximum atomic E-state index is 13.0. The number of anilines is 1. The second-order valence-electron chi connectivity index (χ2n) is 8.96. The molecule has 0 N–H and O–H groups in total. The van der Waals surface area contributed by atoms with Gasteiger partial charge in [-0.2, -0.15) is 0 Å². The lowest BCUT2D eigenvalue weighted by Crippen LogP contribution is -2.35. The summed E-state index contributed by atoms with van der Waals surface area (Å²) in [6.45, 7) is 6.50. The topological polar surface area (TPSA) is 63.7 Å². The van der Waals surface area contributed by atoms with Crippen LogP contribution in [0.15, 0.2) is 42.5 Å². The predicted octanol–water partition coefficient (Wildman–Crippen LogP) is 5.76. The Bertz CT molecular complexity index is 1050. The highest BCUT2D eigenvalue weighted by Crippen LogP contribution is 2.36. The fourth-order valence-corrected chi connectivity index (χ4v) is 4.86. The average molecular weight is 440 g/mol. The third-order valence-corrected chi connectivity index (χ3v) is 6.64. The number of carbonyl (C=O) groups is 3. The lowest BCUT2D eigenvalue weighted by Gasteiger charge is -2.36. The van der Waals surface area contributed by atoms with Crippen molar-refractivity contribution in [3.05, 3.63) is 64.2 Å². The number of amides is 2. The van der Waals surface area contributed by atoms with Crippen molar-refractivity contribution in [3.63, 3.8) is 0 Å². The number of imide groups is 1. The lowest BCUT2D eigenvalue weighted by atomic mass is 9.75. The summed E-state index contributed by atoms with van der Waals surface area (Å²) in [4.78, 5) is 39.8. The highest BCUT2D eigenvalue weighted by atomic mass is 35.5. The number of halogens is 1. The van der Waals surface area contributed by atoms with Gasteiger partial charge in [0.2, 0.25) is 0 Å². The van der Waals surface area contributed by atoms with Crippen molar-refractivity contribution < 1.29 is 19.1 Å². The number of carbonyl (C=O) groups excluding carboxylic acids is 3. The number of fused-ring (bicyclic) bond motifs is 1. The molecule has 0 aromatic heterocycles. The fourth-order valence-electron chi connectivity index (χ4n) is 4.67. The zero-order chi connectivity index (χ0) is 22.3. The van der Waals surface area contributed by atoms with Gasteiger partial charge >= 0.3 is 5.97 Å². The first-order chi connectivity index (χ1) is 14.8. The zero-order valence-corrected chi connectivity index (χ0v) is 18.7. The lowest BCUT2D eigenvalue weighted by molar-refractivity contribution is -0.0174. The van der Waals surface area contributed by atoms with Gasteiger partial charge in [0.05, 0.1) is 22.4 Å². The van der Waals surface area contributed by atoms with Gasteiger partial charge < -0.3 is 4.74 Å². The summed E-state index contributed by atoms with van der Waals surface area (Å²) in [5, 5.41) is 0.430. The maximum absolute atomic E-state index is 13.0. The van der Waals surface area contributed by atoms with Crippen LogP contribution in [-0.4, -0.2) is 23.9 Å². The van der Waals surface area contributed by atoms with Gasteiger partial charge in [-0.15, -0.1) is 0 Å². The number of hydrogen-bond donors (Lipinski definition) is 0. The Kier molecular flexibility index (Phi) is 5.89. The predicted molar refractivity (Wildman–Crippen MR) is 120 cm³/mol. The van der Waals surface area contributed by atoms with E-state index in [-0.39, 0.29) is 22.8 Å². The van der Waals surface area contributed by atoms with Crippen molar-refractivity contribution in [1.29, 1.82) is 0 Å². The Balaban J connectivity index is 1.57. The Morgan fingerprint density at radius 3 is 2.52 bits per heavy atom.